The molecule has 5 heteroatoms. The van der Waals surface area contributed by atoms with Crippen LogP contribution in [0.4, 0.5) is 5.82 Å². The molecule has 3 N–H and O–H groups in total. The van der Waals surface area contributed by atoms with Crippen LogP contribution >= 0.6 is 0 Å². The molecule has 0 atom stereocenters. The molecule has 0 saturated carbocycles. The summed E-state index contributed by atoms with van der Waals surface area (Å²) < 4.78 is 0. The average Bonchev–Trinajstić information content (AvgIpc) is 2.92. The Labute approximate surface area is 117 Å². The number of para-hydroxylation sites is 1. The third kappa shape index (κ3) is 2.23. The largest absolute Gasteiger partial charge is 0.360 e. The lowest BCUT2D eigenvalue weighted by atomic mass is 10.1. The zero-order valence-electron chi connectivity index (χ0n) is 11.4. The first kappa shape index (κ1) is 12.6. The third-order valence-corrected chi connectivity index (χ3v) is 3.37. The van der Waals surface area contributed by atoms with Gasteiger partial charge in [0.1, 0.15) is 0 Å². The number of aromatic amines is 1. The van der Waals surface area contributed by atoms with Gasteiger partial charge in [0.25, 0.3) is 0 Å². The number of nitrogens with zero attached hydrogens (tertiary/aromatic N) is 3. The van der Waals surface area contributed by atoms with Crippen molar-refractivity contribution in [2.24, 2.45) is 5.73 Å². The number of nitrogens with two attached hydrogens (primary N) is 1. The van der Waals surface area contributed by atoms with Gasteiger partial charge in [0, 0.05) is 42.8 Å². The number of hydrogen-bond acceptors (Lipinski definition) is 4. The highest BCUT2D eigenvalue weighted by molar-refractivity contribution is 5.94. The average molecular weight is 267 g/mol. The first-order chi connectivity index (χ1) is 9.79. The fraction of sp³-hybridized carbons (Fsp3) is 0.200. The molecule has 2 aromatic heterocycles. The van der Waals surface area contributed by atoms with Gasteiger partial charge in [0.2, 0.25) is 0 Å². The van der Waals surface area contributed by atoms with E-state index in [1.807, 2.05) is 42.4 Å². The molecule has 0 aliphatic carbocycles. The summed E-state index contributed by atoms with van der Waals surface area (Å²) in [6.07, 6.45) is 1.97. The topological polar surface area (TPSA) is 70.8 Å². The van der Waals surface area contributed by atoms with Gasteiger partial charge < -0.3 is 15.6 Å². The quantitative estimate of drug-likeness (QED) is 0.758. The molecule has 0 unspecified atom stereocenters. The summed E-state index contributed by atoms with van der Waals surface area (Å²) in [4.78, 5) is 5.24. The van der Waals surface area contributed by atoms with Crippen molar-refractivity contribution in [1.29, 1.82) is 0 Å². The van der Waals surface area contributed by atoms with Crippen LogP contribution in [0.1, 0.15) is 0 Å². The number of aromatic nitrogens is 3. The minimum absolute atomic E-state index is 0.600. The molecule has 3 rings (SSSR count). The second-order valence-electron chi connectivity index (χ2n) is 4.73. The molecule has 0 aliphatic heterocycles. The van der Waals surface area contributed by atoms with Crippen molar-refractivity contribution in [2.45, 2.75) is 0 Å². The second kappa shape index (κ2) is 5.30. The molecule has 3 aromatic rings. The number of likely N-dealkylation sites (N-methyl/N-ethyl adjacent to an activating group) is 1. The summed E-state index contributed by atoms with van der Waals surface area (Å²) >= 11 is 0. The molecule has 0 amide bonds. The van der Waals surface area contributed by atoms with E-state index in [1.165, 1.54) is 0 Å². The van der Waals surface area contributed by atoms with Gasteiger partial charge in [-0.25, -0.2) is 0 Å². The maximum absolute atomic E-state index is 5.54. The molecule has 102 valence electrons. The Bertz CT molecular complexity index is 702. The fourth-order valence-electron chi connectivity index (χ4n) is 2.26. The smallest absolute Gasteiger partial charge is 0.151 e. The molecule has 5 nitrogen and oxygen atoms in total. The molecule has 0 radical (unpaired) electrons. The Morgan fingerprint density at radius 1 is 1.15 bits per heavy atom. The van der Waals surface area contributed by atoms with Crippen LogP contribution in [0.5, 0.6) is 0 Å². The lowest BCUT2D eigenvalue weighted by Gasteiger charge is -2.15. The predicted octanol–water partition coefficient (Wildman–Crippen LogP) is 2.02. The molecule has 0 spiro atoms. The van der Waals surface area contributed by atoms with E-state index in [2.05, 4.69) is 27.3 Å². The monoisotopic (exact) mass is 267 g/mol. The number of anilines is 1. The number of fused-ring (bicyclic) bond motifs is 1. The molecule has 0 aliphatic rings. The standard InChI is InChI=1S/C15H17N5/c1-20(9-8-16)15-7-6-14(18-19-15)12-10-17-13-5-3-2-4-11(12)13/h2-7,10,17H,8-9,16H2,1H3. The van der Waals surface area contributed by atoms with E-state index < -0.39 is 0 Å². The highest BCUT2D eigenvalue weighted by Crippen LogP contribution is 2.27. The zero-order valence-corrected chi connectivity index (χ0v) is 11.4. The van der Waals surface area contributed by atoms with Crippen LogP contribution in [-0.2, 0) is 0 Å². The molecule has 0 bridgehead atoms. The second-order valence-corrected chi connectivity index (χ2v) is 4.73. The van der Waals surface area contributed by atoms with Crippen LogP contribution in [-0.4, -0.2) is 35.3 Å². The van der Waals surface area contributed by atoms with Gasteiger partial charge in [-0.05, 0) is 18.2 Å². The van der Waals surface area contributed by atoms with Crippen LogP contribution in [0.15, 0.2) is 42.6 Å². The van der Waals surface area contributed by atoms with Crippen LogP contribution in [0.25, 0.3) is 22.2 Å². The van der Waals surface area contributed by atoms with E-state index in [4.69, 9.17) is 5.73 Å². The maximum atomic E-state index is 5.54. The normalized spacial score (nSPS) is 10.9. The van der Waals surface area contributed by atoms with Crippen molar-refractivity contribution in [3.63, 3.8) is 0 Å². The van der Waals surface area contributed by atoms with Gasteiger partial charge in [-0.2, -0.15) is 0 Å². The van der Waals surface area contributed by atoms with Gasteiger partial charge in [0.05, 0.1) is 5.69 Å². The minimum atomic E-state index is 0.600. The zero-order chi connectivity index (χ0) is 13.9. The first-order valence-corrected chi connectivity index (χ1v) is 6.61. The number of H-pyrrole nitrogens is 1. The summed E-state index contributed by atoms with van der Waals surface area (Å²) in [5, 5.41) is 9.75. The number of rotatable bonds is 4. The Hall–Kier alpha value is -2.40. The molecular formula is C15H17N5. The van der Waals surface area contributed by atoms with Crippen molar-refractivity contribution >= 4 is 16.7 Å². The van der Waals surface area contributed by atoms with Gasteiger partial charge >= 0.3 is 0 Å². The highest BCUT2D eigenvalue weighted by atomic mass is 15.2. The summed E-state index contributed by atoms with van der Waals surface area (Å²) in [6.45, 7) is 1.36. The number of nitrogens with one attached hydrogen (secondary N) is 1. The Kier molecular flexibility index (Phi) is 3.35. The van der Waals surface area contributed by atoms with E-state index >= 15 is 0 Å². The van der Waals surface area contributed by atoms with Crippen molar-refractivity contribution in [2.75, 3.05) is 25.0 Å². The van der Waals surface area contributed by atoms with E-state index in [9.17, 15) is 0 Å². The third-order valence-electron chi connectivity index (χ3n) is 3.37. The SMILES string of the molecule is CN(CCN)c1ccc(-c2c[nH]c3ccccc23)nn1. The van der Waals surface area contributed by atoms with Crippen molar-refractivity contribution in [1.82, 2.24) is 15.2 Å². The van der Waals surface area contributed by atoms with E-state index in [-0.39, 0.29) is 0 Å². The maximum Gasteiger partial charge on any atom is 0.151 e. The molecule has 1 aromatic carbocycles. The molecule has 0 saturated heterocycles. The number of hydrogen-bond donors (Lipinski definition) is 2. The van der Waals surface area contributed by atoms with E-state index in [0.717, 1.165) is 34.5 Å². The van der Waals surface area contributed by atoms with Crippen LogP contribution in [0.3, 0.4) is 0 Å². The van der Waals surface area contributed by atoms with Gasteiger partial charge in [-0.1, -0.05) is 18.2 Å². The summed E-state index contributed by atoms with van der Waals surface area (Å²) in [6, 6.07) is 12.1. The summed E-state index contributed by atoms with van der Waals surface area (Å²) in [5.41, 5.74) is 8.59. The Morgan fingerprint density at radius 2 is 2.00 bits per heavy atom. The van der Waals surface area contributed by atoms with Crippen LogP contribution in [0, 0.1) is 0 Å². The van der Waals surface area contributed by atoms with E-state index in [0.29, 0.717) is 6.54 Å². The lowest BCUT2D eigenvalue weighted by molar-refractivity contribution is 0.849. The van der Waals surface area contributed by atoms with E-state index in [1.54, 1.807) is 0 Å². The van der Waals surface area contributed by atoms with Crippen molar-refractivity contribution < 1.29 is 0 Å². The minimum Gasteiger partial charge on any atom is -0.360 e. The van der Waals surface area contributed by atoms with Gasteiger partial charge in [-0.3, -0.25) is 0 Å². The molecule has 2 heterocycles. The Morgan fingerprint density at radius 3 is 2.75 bits per heavy atom. The van der Waals surface area contributed by atoms with Crippen LogP contribution < -0.4 is 10.6 Å². The molecule has 20 heavy (non-hydrogen) atoms. The Balaban J connectivity index is 1.95. The first-order valence-electron chi connectivity index (χ1n) is 6.61. The van der Waals surface area contributed by atoms with Crippen molar-refractivity contribution in [3.05, 3.63) is 42.6 Å². The van der Waals surface area contributed by atoms with Gasteiger partial charge in [-0.15, -0.1) is 10.2 Å². The summed E-state index contributed by atoms with van der Waals surface area (Å²) in [5.74, 6) is 0.832. The molecular weight excluding hydrogens is 250 g/mol. The fourth-order valence-corrected chi connectivity index (χ4v) is 2.26. The van der Waals surface area contributed by atoms with Crippen molar-refractivity contribution in [3.8, 4) is 11.3 Å². The molecule has 0 fully saturated rings. The predicted molar refractivity (Wildman–Crippen MR) is 81.6 cm³/mol. The van der Waals surface area contributed by atoms with Gasteiger partial charge in [0.15, 0.2) is 5.82 Å². The van der Waals surface area contributed by atoms with Crippen LogP contribution in [0.2, 0.25) is 0 Å². The highest BCUT2D eigenvalue weighted by Gasteiger charge is 2.08. The summed E-state index contributed by atoms with van der Waals surface area (Å²) in [7, 11) is 1.96. The number of benzene rings is 1. The lowest BCUT2D eigenvalue weighted by Crippen LogP contribution is -2.25.